The number of hydrogen-bond acceptors (Lipinski definition) is 5. The molecular formula is C12H15N3O3S. The normalized spacial score (nSPS) is 23.2. The van der Waals surface area contributed by atoms with E-state index in [0.717, 1.165) is 0 Å². The van der Waals surface area contributed by atoms with Crippen LogP contribution in [0.3, 0.4) is 0 Å². The monoisotopic (exact) mass is 281 g/mol. The van der Waals surface area contributed by atoms with Gasteiger partial charge in [-0.1, -0.05) is 0 Å². The van der Waals surface area contributed by atoms with E-state index in [1.165, 1.54) is 18.2 Å². The first kappa shape index (κ1) is 13.8. The van der Waals surface area contributed by atoms with Crippen molar-refractivity contribution in [3.05, 3.63) is 23.8 Å². The van der Waals surface area contributed by atoms with Crippen LogP contribution in [0, 0.1) is 11.3 Å². The standard InChI is InChI=1S/C12H15N3O3S/c1-8-11(4-5-18-8)15-19(16,17)12-3-2-9(7-13)6-10(12)14/h2-3,6,8,11,15H,4-5,14H2,1H3. The van der Waals surface area contributed by atoms with E-state index in [4.69, 9.17) is 15.7 Å². The molecule has 6 nitrogen and oxygen atoms in total. The highest BCUT2D eigenvalue weighted by molar-refractivity contribution is 7.89. The number of anilines is 1. The highest BCUT2D eigenvalue weighted by Gasteiger charge is 2.30. The second-order valence-corrected chi connectivity index (χ2v) is 6.14. The number of benzene rings is 1. The first-order valence-electron chi connectivity index (χ1n) is 5.87. The van der Waals surface area contributed by atoms with Gasteiger partial charge in [-0.25, -0.2) is 13.1 Å². The molecular weight excluding hydrogens is 266 g/mol. The topological polar surface area (TPSA) is 105 Å². The van der Waals surface area contributed by atoms with Crippen LogP contribution in [-0.4, -0.2) is 27.2 Å². The molecule has 1 aromatic rings. The number of rotatable bonds is 3. The molecule has 1 saturated heterocycles. The van der Waals surface area contributed by atoms with E-state index in [1.807, 2.05) is 13.0 Å². The van der Waals surface area contributed by atoms with Crippen LogP contribution < -0.4 is 10.5 Å². The van der Waals surface area contributed by atoms with Crippen LogP contribution in [0.25, 0.3) is 0 Å². The molecule has 2 atom stereocenters. The lowest BCUT2D eigenvalue weighted by molar-refractivity contribution is 0.117. The molecule has 0 aliphatic carbocycles. The average molecular weight is 281 g/mol. The summed E-state index contributed by atoms with van der Waals surface area (Å²) in [6.07, 6.45) is 0.478. The van der Waals surface area contributed by atoms with Crippen LogP contribution in [0.15, 0.2) is 23.1 Å². The first-order valence-corrected chi connectivity index (χ1v) is 7.36. The Bertz CT molecular complexity index is 622. The van der Waals surface area contributed by atoms with Gasteiger partial charge in [0.2, 0.25) is 10.0 Å². The molecule has 0 aromatic heterocycles. The van der Waals surface area contributed by atoms with Gasteiger partial charge in [0, 0.05) is 6.61 Å². The second kappa shape index (κ2) is 5.17. The SMILES string of the molecule is CC1OCCC1NS(=O)(=O)c1ccc(C#N)cc1N. The van der Waals surface area contributed by atoms with E-state index in [9.17, 15) is 8.42 Å². The number of nitrogen functional groups attached to an aromatic ring is 1. The molecule has 0 bridgehead atoms. The predicted molar refractivity (Wildman–Crippen MR) is 69.7 cm³/mol. The number of nitrogens with two attached hydrogens (primary N) is 1. The Morgan fingerprint density at radius 3 is 2.79 bits per heavy atom. The molecule has 1 fully saturated rings. The Hall–Kier alpha value is -1.62. The second-order valence-electron chi connectivity index (χ2n) is 4.46. The van der Waals surface area contributed by atoms with Crippen molar-refractivity contribution >= 4 is 15.7 Å². The third-order valence-corrected chi connectivity index (χ3v) is 4.68. The third kappa shape index (κ3) is 2.87. The van der Waals surface area contributed by atoms with Gasteiger partial charge >= 0.3 is 0 Å². The summed E-state index contributed by atoms with van der Waals surface area (Å²) in [6, 6.07) is 5.79. The Kier molecular flexibility index (Phi) is 3.75. The quantitative estimate of drug-likeness (QED) is 0.789. The molecule has 0 radical (unpaired) electrons. The van der Waals surface area contributed by atoms with Gasteiger partial charge in [-0.15, -0.1) is 0 Å². The first-order chi connectivity index (χ1) is 8.94. The summed E-state index contributed by atoms with van der Waals surface area (Å²) in [5.74, 6) is 0. The fourth-order valence-corrected chi connectivity index (χ4v) is 3.46. The fourth-order valence-electron chi connectivity index (χ4n) is 2.01. The lowest BCUT2D eigenvalue weighted by atomic mass is 10.2. The van der Waals surface area contributed by atoms with Crippen molar-refractivity contribution in [2.24, 2.45) is 0 Å². The van der Waals surface area contributed by atoms with Crippen molar-refractivity contribution in [2.75, 3.05) is 12.3 Å². The fraction of sp³-hybridized carbons (Fsp3) is 0.417. The van der Waals surface area contributed by atoms with E-state index in [-0.39, 0.29) is 22.7 Å². The smallest absolute Gasteiger partial charge is 0.242 e. The molecule has 1 aliphatic heterocycles. The zero-order valence-electron chi connectivity index (χ0n) is 10.5. The van der Waals surface area contributed by atoms with Crippen LogP contribution in [0.4, 0.5) is 5.69 Å². The highest BCUT2D eigenvalue weighted by Crippen LogP contribution is 2.22. The molecule has 7 heteroatoms. The minimum Gasteiger partial charge on any atom is -0.398 e. The molecule has 0 saturated carbocycles. The Morgan fingerprint density at radius 1 is 1.53 bits per heavy atom. The van der Waals surface area contributed by atoms with E-state index in [1.54, 1.807) is 0 Å². The summed E-state index contributed by atoms with van der Waals surface area (Å²) in [5, 5.41) is 8.73. The summed E-state index contributed by atoms with van der Waals surface area (Å²) in [5.41, 5.74) is 6.09. The van der Waals surface area contributed by atoms with Gasteiger partial charge in [-0.3, -0.25) is 0 Å². The number of sulfonamides is 1. The third-order valence-electron chi connectivity index (χ3n) is 3.11. The minimum atomic E-state index is -3.70. The number of nitrogens with zero attached hydrogens (tertiary/aromatic N) is 1. The maximum atomic E-state index is 12.2. The Labute approximate surface area is 112 Å². The number of nitriles is 1. The molecule has 3 N–H and O–H groups in total. The van der Waals surface area contributed by atoms with Gasteiger partial charge in [-0.05, 0) is 31.5 Å². The van der Waals surface area contributed by atoms with Crippen molar-refractivity contribution < 1.29 is 13.2 Å². The lowest BCUT2D eigenvalue weighted by Gasteiger charge is -2.17. The van der Waals surface area contributed by atoms with Crippen LogP contribution >= 0.6 is 0 Å². The van der Waals surface area contributed by atoms with Crippen LogP contribution in [0.2, 0.25) is 0 Å². The van der Waals surface area contributed by atoms with Gasteiger partial charge in [0.05, 0.1) is 29.5 Å². The van der Waals surface area contributed by atoms with Crippen LogP contribution in [0.5, 0.6) is 0 Å². The Morgan fingerprint density at radius 2 is 2.26 bits per heavy atom. The summed E-state index contributed by atoms with van der Waals surface area (Å²) in [4.78, 5) is -0.00870. The maximum absolute atomic E-state index is 12.2. The number of nitrogens with one attached hydrogen (secondary N) is 1. The largest absolute Gasteiger partial charge is 0.398 e. The molecule has 1 aromatic carbocycles. The molecule has 2 rings (SSSR count). The summed E-state index contributed by atoms with van der Waals surface area (Å²) < 4.78 is 32.3. The summed E-state index contributed by atoms with van der Waals surface area (Å²) >= 11 is 0. The summed E-state index contributed by atoms with van der Waals surface area (Å²) in [7, 11) is -3.70. The molecule has 2 unspecified atom stereocenters. The van der Waals surface area contributed by atoms with Crippen molar-refractivity contribution in [2.45, 2.75) is 30.4 Å². The molecule has 19 heavy (non-hydrogen) atoms. The van der Waals surface area contributed by atoms with Crippen molar-refractivity contribution in [1.29, 1.82) is 5.26 Å². The van der Waals surface area contributed by atoms with Crippen molar-refractivity contribution in [3.8, 4) is 6.07 Å². The molecule has 1 aliphatic rings. The molecule has 0 amide bonds. The number of hydrogen-bond donors (Lipinski definition) is 2. The highest BCUT2D eigenvalue weighted by atomic mass is 32.2. The van der Waals surface area contributed by atoms with Crippen molar-refractivity contribution in [1.82, 2.24) is 4.72 Å². The Balaban J connectivity index is 2.27. The van der Waals surface area contributed by atoms with Gasteiger partial charge < -0.3 is 10.5 Å². The zero-order chi connectivity index (χ0) is 14.0. The number of ether oxygens (including phenoxy) is 1. The average Bonchev–Trinajstić information content (AvgIpc) is 2.73. The lowest BCUT2D eigenvalue weighted by Crippen LogP contribution is -2.39. The molecule has 102 valence electrons. The van der Waals surface area contributed by atoms with E-state index < -0.39 is 10.0 Å². The van der Waals surface area contributed by atoms with Gasteiger partial charge in [-0.2, -0.15) is 5.26 Å². The van der Waals surface area contributed by atoms with Gasteiger partial charge in [0.15, 0.2) is 0 Å². The molecule has 0 spiro atoms. The maximum Gasteiger partial charge on any atom is 0.242 e. The molecule has 1 heterocycles. The van der Waals surface area contributed by atoms with Gasteiger partial charge in [0.25, 0.3) is 0 Å². The van der Waals surface area contributed by atoms with Crippen LogP contribution in [0.1, 0.15) is 18.9 Å². The van der Waals surface area contributed by atoms with E-state index >= 15 is 0 Å². The summed E-state index contributed by atoms with van der Waals surface area (Å²) in [6.45, 7) is 2.36. The zero-order valence-corrected chi connectivity index (χ0v) is 11.3. The van der Waals surface area contributed by atoms with E-state index in [0.29, 0.717) is 18.6 Å². The minimum absolute atomic E-state index is 0.00870. The van der Waals surface area contributed by atoms with Crippen molar-refractivity contribution in [3.63, 3.8) is 0 Å². The predicted octanol–water partition coefficient (Wildman–Crippen LogP) is 0.596. The van der Waals surface area contributed by atoms with Crippen LogP contribution in [-0.2, 0) is 14.8 Å². The van der Waals surface area contributed by atoms with Gasteiger partial charge in [0.1, 0.15) is 4.90 Å². The van der Waals surface area contributed by atoms with E-state index in [2.05, 4.69) is 4.72 Å².